The van der Waals surface area contributed by atoms with Crippen LogP contribution in [-0.2, 0) is 0 Å². The highest BCUT2D eigenvalue weighted by Crippen LogP contribution is 2.15. The topological polar surface area (TPSA) is 22.1 Å². The van der Waals surface area contributed by atoms with E-state index in [1.807, 2.05) is 0 Å². The largest absolute Gasteiger partial charge is 0.492 e. The quantitative estimate of drug-likeness (QED) is 0.585. The van der Waals surface area contributed by atoms with Gasteiger partial charge in [0.2, 0.25) is 0 Å². The molecule has 4 heteroatoms. The summed E-state index contributed by atoms with van der Waals surface area (Å²) < 4.78 is 5.47. The zero-order valence-corrected chi connectivity index (χ0v) is 10.2. The molecule has 0 radical (unpaired) electrons. The molecule has 14 heavy (non-hydrogen) atoms. The molecule has 1 heterocycles. The smallest absolute Gasteiger partial charge is 0.139 e. The van der Waals surface area contributed by atoms with Crippen LogP contribution in [0.4, 0.5) is 0 Å². The molecule has 0 aliphatic carbocycles. The fraction of sp³-hybridized carbons (Fsp3) is 0.500. The molecule has 0 N–H and O–H groups in total. The number of nitrogens with zero attached hydrogens (tertiary/aromatic N) is 1. The third-order valence-corrected chi connectivity index (χ3v) is 2.49. The molecular weight excluding hydrogens is 265 g/mol. The number of aromatic nitrogens is 1. The Labute approximate surface area is 97.8 Å². The standard InChI is InChI=1S/C10H13BrClNO/c11-4-2-1-3-5-14-10-6-9(12)7-13-8-10/h6-8H,1-5H2. The minimum atomic E-state index is 0.614. The lowest BCUT2D eigenvalue weighted by Gasteiger charge is -2.04. The Morgan fingerprint density at radius 1 is 1.29 bits per heavy atom. The molecule has 2 nitrogen and oxygen atoms in total. The highest BCUT2D eigenvalue weighted by atomic mass is 79.9. The lowest BCUT2D eigenvalue weighted by atomic mass is 10.3. The maximum Gasteiger partial charge on any atom is 0.139 e. The summed E-state index contributed by atoms with van der Waals surface area (Å²) >= 11 is 9.15. The average molecular weight is 279 g/mol. The predicted molar refractivity (Wildman–Crippen MR) is 62.4 cm³/mol. The molecule has 1 aromatic rings. The van der Waals surface area contributed by atoms with Crippen LogP contribution in [0.15, 0.2) is 18.5 Å². The van der Waals surface area contributed by atoms with Crippen LogP contribution in [0.25, 0.3) is 0 Å². The summed E-state index contributed by atoms with van der Waals surface area (Å²) in [5.41, 5.74) is 0. The van der Waals surface area contributed by atoms with E-state index in [1.165, 1.54) is 12.8 Å². The lowest BCUT2D eigenvalue weighted by Crippen LogP contribution is -1.97. The van der Waals surface area contributed by atoms with E-state index in [2.05, 4.69) is 20.9 Å². The fourth-order valence-electron chi connectivity index (χ4n) is 1.03. The number of halogens is 2. The number of ether oxygens (including phenoxy) is 1. The van der Waals surface area contributed by atoms with Crippen LogP contribution in [0.2, 0.25) is 5.02 Å². The predicted octanol–water partition coefficient (Wildman–Crippen LogP) is 3.68. The molecule has 0 bridgehead atoms. The molecule has 0 amide bonds. The first-order chi connectivity index (χ1) is 6.83. The van der Waals surface area contributed by atoms with Crippen molar-refractivity contribution in [2.24, 2.45) is 0 Å². The van der Waals surface area contributed by atoms with E-state index in [-0.39, 0.29) is 0 Å². The average Bonchev–Trinajstić information content (AvgIpc) is 2.18. The Balaban J connectivity index is 2.18. The van der Waals surface area contributed by atoms with Crippen LogP contribution in [0.5, 0.6) is 5.75 Å². The Hall–Kier alpha value is -0.280. The second-order valence-electron chi connectivity index (χ2n) is 2.94. The van der Waals surface area contributed by atoms with Gasteiger partial charge in [0.05, 0.1) is 17.8 Å². The van der Waals surface area contributed by atoms with E-state index in [1.54, 1.807) is 18.5 Å². The van der Waals surface area contributed by atoms with E-state index in [0.29, 0.717) is 5.02 Å². The minimum absolute atomic E-state index is 0.614. The SMILES string of the molecule is Clc1cncc(OCCCCCBr)c1. The third-order valence-electron chi connectivity index (χ3n) is 1.73. The maximum atomic E-state index is 5.76. The zero-order valence-electron chi connectivity index (χ0n) is 7.88. The first-order valence-corrected chi connectivity index (χ1v) is 6.12. The molecule has 0 fully saturated rings. The van der Waals surface area contributed by atoms with Crippen LogP contribution in [-0.4, -0.2) is 16.9 Å². The van der Waals surface area contributed by atoms with E-state index in [0.717, 1.165) is 24.1 Å². The molecule has 0 atom stereocenters. The summed E-state index contributed by atoms with van der Waals surface area (Å²) in [6.45, 7) is 0.731. The summed E-state index contributed by atoms with van der Waals surface area (Å²) in [5.74, 6) is 0.747. The van der Waals surface area contributed by atoms with Crippen molar-refractivity contribution in [1.82, 2.24) is 4.98 Å². The highest BCUT2D eigenvalue weighted by Gasteiger charge is 1.95. The molecule has 1 rings (SSSR count). The second-order valence-corrected chi connectivity index (χ2v) is 4.17. The van der Waals surface area contributed by atoms with Crippen molar-refractivity contribution in [3.8, 4) is 5.75 Å². The summed E-state index contributed by atoms with van der Waals surface area (Å²) in [5, 5.41) is 1.68. The second kappa shape index (κ2) is 7.07. The minimum Gasteiger partial charge on any atom is -0.492 e. The van der Waals surface area contributed by atoms with Crippen molar-refractivity contribution in [1.29, 1.82) is 0 Å². The van der Waals surface area contributed by atoms with Crippen LogP contribution in [0.1, 0.15) is 19.3 Å². The molecule has 0 spiro atoms. The van der Waals surface area contributed by atoms with Gasteiger partial charge in [-0.25, -0.2) is 0 Å². The van der Waals surface area contributed by atoms with Crippen molar-refractivity contribution in [2.45, 2.75) is 19.3 Å². The van der Waals surface area contributed by atoms with Crippen LogP contribution < -0.4 is 4.74 Å². The van der Waals surface area contributed by atoms with Gasteiger partial charge in [-0.1, -0.05) is 27.5 Å². The molecule has 78 valence electrons. The fourth-order valence-corrected chi connectivity index (χ4v) is 1.60. The number of unbranched alkanes of at least 4 members (excludes halogenated alkanes) is 2. The molecular formula is C10H13BrClNO. The van der Waals surface area contributed by atoms with Gasteiger partial charge in [0.25, 0.3) is 0 Å². The highest BCUT2D eigenvalue weighted by molar-refractivity contribution is 9.09. The van der Waals surface area contributed by atoms with Crippen LogP contribution in [0, 0.1) is 0 Å². The van der Waals surface area contributed by atoms with Gasteiger partial charge in [-0.15, -0.1) is 0 Å². The summed E-state index contributed by atoms with van der Waals surface area (Å²) in [7, 11) is 0. The maximum absolute atomic E-state index is 5.76. The number of hydrogen-bond donors (Lipinski definition) is 0. The summed E-state index contributed by atoms with van der Waals surface area (Å²) in [4.78, 5) is 3.93. The van der Waals surface area contributed by atoms with Gasteiger partial charge >= 0.3 is 0 Å². The van der Waals surface area contributed by atoms with Crippen LogP contribution in [0.3, 0.4) is 0 Å². The van der Waals surface area contributed by atoms with E-state index < -0.39 is 0 Å². The third kappa shape index (κ3) is 4.82. The Morgan fingerprint density at radius 2 is 2.14 bits per heavy atom. The van der Waals surface area contributed by atoms with Crippen molar-refractivity contribution in [2.75, 3.05) is 11.9 Å². The number of pyridine rings is 1. The Bertz CT molecular complexity index is 270. The van der Waals surface area contributed by atoms with Crippen molar-refractivity contribution in [3.63, 3.8) is 0 Å². The summed E-state index contributed by atoms with van der Waals surface area (Å²) in [6, 6.07) is 1.78. The molecule has 0 unspecified atom stereocenters. The Kier molecular flexibility index (Phi) is 5.96. The van der Waals surface area contributed by atoms with Crippen molar-refractivity contribution >= 4 is 27.5 Å². The molecule has 0 aromatic carbocycles. The Morgan fingerprint density at radius 3 is 2.86 bits per heavy atom. The van der Waals surface area contributed by atoms with Gasteiger partial charge in [-0.2, -0.15) is 0 Å². The van der Waals surface area contributed by atoms with Crippen molar-refractivity contribution in [3.05, 3.63) is 23.5 Å². The first-order valence-electron chi connectivity index (χ1n) is 4.62. The lowest BCUT2D eigenvalue weighted by molar-refractivity contribution is 0.305. The normalized spacial score (nSPS) is 10.1. The van der Waals surface area contributed by atoms with Gasteiger partial charge < -0.3 is 4.74 Å². The van der Waals surface area contributed by atoms with Gasteiger partial charge in [0.15, 0.2) is 0 Å². The number of alkyl halides is 1. The first kappa shape index (κ1) is 11.8. The summed E-state index contributed by atoms with van der Waals surface area (Å²) in [6.07, 6.45) is 6.71. The van der Waals surface area contributed by atoms with Gasteiger partial charge in [-0.3, -0.25) is 4.98 Å². The molecule has 0 aliphatic heterocycles. The van der Waals surface area contributed by atoms with Gasteiger partial charge in [0, 0.05) is 17.6 Å². The molecule has 0 aliphatic rings. The van der Waals surface area contributed by atoms with Crippen molar-refractivity contribution < 1.29 is 4.74 Å². The van der Waals surface area contributed by atoms with E-state index in [9.17, 15) is 0 Å². The molecule has 1 aromatic heterocycles. The van der Waals surface area contributed by atoms with E-state index >= 15 is 0 Å². The van der Waals surface area contributed by atoms with Gasteiger partial charge in [-0.05, 0) is 19.3 Å². The molecule has 0 saturated carbocycles. The van der Waals surface area contributed by atoms with E-state index in [4.69, 9.17) is 16.3 Å². The number of hydrogen-bond acceptors (Lipinski definition) is 2. The zero-order chi connectivity index (χ0) is 10.2. The van der Waals surface area contributed by atoms with Crippen LogP contribution >= 0.6 is 27.5 Å². The van der Waals surface area contributed by atoms with Gasteiger partial charge in [0.1, 0.15) is 5.75 Å². The number of rotatable bonds is 6. The monoisotopic (exact) mass is 277 g/mol. The molecule has 0 saturated heterocycles.